The second kappa shape index (κ2) is 30.1. The second-order valence-corrected chi connectivity index (χ2v) is 16.3. The molecule has 1 aromatic rings. The van der Waals surface area contributed by atoms with Gasteiger partial charge in [0.05, 0.1) is 39.3 Å². The van der Waals surface area contributed by atoms with Crippen LogP contribution in [0, 0.1) is 0 Å². The Morgan fingerprint density at radius 3 is 0.862 bits per heavy atom. The number of nitrogens with one attached hydrogen (secondary N) is 2. The van der Waals surface area contributed by atoms with E-state index in [1.54, 1.807) is 48.8 Å². The average molecular weight is 921 g/mol. The lowest BCUT2D eigenvalue weighted by molar-refractivity contribution is -0.140. The van der Waals surface area contributed by atoms with Crippen LogP contribution in [-0.2, 0) is 28.8 Å². The summed E-state index contributed by atoms with van der Waals surface area (Å²) in [5.74, 6) is -5.61. The lowest BCUT2D eigenvalue weighted by Crippen LogP contribution is -2.48. The molecule has 0 bridgehead atoms. The molecule has 0 spiro atoms. The smallest absolute Gasteiger partial charge is 0.317 e. The van der Waals surface area contributed by atoms with E-state index in [1.165, 1.54) is 0 Å². The minimum atomic E-state index is -1.02. The fraction of sp³-hybridized carbons (Fsp3) is 0.667. The van der Waals surface area contributed by atoms with Crippen molar-refractivity contribution >= 4 is 47.9 Å². The molecular formula is C42H68N10O13. The van der Waals surface area contributed by atoms with Crippen LogP contribution in [0.5, 0.6) is 0 Å². The lowest BCUT2D eigenvalue weighted by Gasteiger charge is -2.33. The first-order valence-corrected chi connectivity index (χ1v) is 22.1. The quantitative estimate of drug-likeness (QED) is 0.0450. The molecule has 0 atom stereocenters. The van der Waals surface area contributed by atoms with Crippen LogP contribution < -0.4 is 10.6 Å². The van der Waals surface area contributed by atoms with Crippen LogP contribution in [0.4, 0.5) is 0 Å². The minimum absolute atomic E-state index is 0.182. The zero-order chi connectivity index (χ0) is 47.6. The summed E-state index contributed by atoms with van der Waals surface area (Å²) in [6, 6.07) is 6.27. The van der Waals surface area contributed by atoms with Crippen LogP contribution in [0.2, 0.25) is 0 Å². The summed E-state index contributed by atoms with van der Waals surface area (Å²) in [6.07, 6.45) is 1.97. The predicted octanol–water partition coefficient (Wildman–Crippen LogP) is -3.01. The number of carboxylic acids is 5. The van der Waals surface area contributed by atoms with Gasteiger partial charge in [0, 0.05) is 129 Å². The van der Waals surface area contributed by atoms with Crippen LogP contribution in [0.25, 0.3) is 0 Å². The van der Waals surface area contributed by atoms with Crippen molar-refractivity contribution in [3.8, 4) is 0 Å². The third kappa shape index (κ3) is 23.6. The normalized spacial score (nSPS) is 18.5. The van der Waals surface area contributed by atoms with E-state index >= 15 is 0 Å². The van der Waals surface area contributed by atoms with E-state index < -0.39 is 29.8 Å². The molecule has 1 aromatic carbocycles. The van der Waals surface area contributed by atoms with Gasteiger partial charge in [0.2, 0.25) is 0 Å². The van der Waals surface area contributed by atoms with Gasteiger partial charge in [-0.25, -0.2) is 0 Å². The number of benzene rings is 1. The maximum atomic E-state index is 13.0. The number of aliphatic carboxylic acids is 5. The third-order valence-electron chi connectivity index (χ3n) is 11.3. The molecule has 65 heavy (non-hydrogen) atoms. The first-order chi connectivity index (χ1) is 31.1. The van der Waals surface area contributed by atoms with Crippen molar-refractivity contribution in [3.63, 3.8) is 0 Å². The Morgan fingerprint density at radius 1 is 0.400 bits per heavy atom. The number of hydrogen-bond acceptors (Lipinski definition) is 16. The highest BCUT2D eigenvalue weighted by Gasteiger charge is 2.22. The van der Waals surface area contributed by atoms with E-state index in [0.717, 1.165) is 6.29 Å². The highest BCUT2D eigenvalue weighted by atomic mass is 16.4. The van der Waals surface area contributed by atoms with Gasteiger partial charge < -0.3 is 50.8 Å². The molecule has 23 heteroatoms. The molecule has 0 saturated carbocycles. The largest absolute Gasteiger partial charge is 0.480 e. The Morgan fingerprint density at radius 2 is 0.631 bits per heavy atom. The molecule has 2 aliphatic rings. The van der Waals surface area contributed by atoms with Gasteiger partial charge in [-0.2, -0.15) is 0 Å². The summed E-state index contributed by atoms with van der Waals surface area (Å²) in [6.45, 7) is 7.75. The van der Waals surface area contributed by atoms with Crippen LogP contribution in [0.15, 0.2) is 24.3 Å². The van der Waals surface area contributed by atoms with Gasteiger partial charge in [-0.3, -0.25) is 63.0 Å². The first-order valence-electron chi connectivity index (χ1n) is 22.1. The number of carbonyl (C=O) groups is 8. The Bertz CT molecular complexity index is 1660. The molecule has 7 N–H and O–H groups in total. The molecule has 2 fully saturated rings. The molecule has 364 valence electrons. The van der Waals surface area contributed by atoms with Crippen molar-refractivity contribution in [1.29, 1.82) is 0 Å². The van der Waals surface area contributed by atoms with E-state index in [-0.39, 0.29) is 51.1 Å². The highest BCUT2D eigenvalue weighted by Crippen LogP contribution is 2.07. The molecule has 2 saturated heterocycles. The van der Waals surface area contributed by atoms with Crippen molar-refractivity contribution in [2.45, 2.75) is 12.8 Å². The Kier molecular flexibility index (Phi) is 25.1. The van der Waals surface area contributed by atoms with E-state index in [4.69, 9.17) is 0 Å². The third-order valence-corrected chi connectivity index (χ3v) is 11.3. The van der Waals surface area contributed by atoms with Crippen molar-refractivity contribution in [1.82, 2.24) is 49.8 Å². The second-order valence-electron chi connectivity index (χ2n) is 16.3. The van der Waals surface area contributed by atoms with Crippen LogP contribution in [-0.4, -0.2) is 283 Å². The van der Waals surface area contributed by atoms with Gasteiger partial charge >= 0.3 is 29.8 Å². The number of carbonyl (C=O) groups excluding carboxylic acids is 3. The van der Waals surface area contributed by atoms with Gasteiger partial charge in [-0.15, -0.1) is 0 Å². The van der Waals surface area contributed by atoms with Gasteiger partial charge in [0.1, 0.15) is 6.29 Å². The maximum absolute atomic E-state index is 13.0. The van der Waals surface area contributed by atoms with Crippen molar-refractivity contribution in [2.75, 3.05) is 170 Å². The van der Waals surface area contributed by atoms with E-state index in [9.17, 15) is 63.9 Å². The summed E-state index contributed by atoms with van der Waals surface area (Å²) in [7, 11) is 0. The molecule has 3 rings (SSSR count). The van der Waals surface area contributed by atoms with Crippen LogP contribution >= 0.6 is 0 Å². The molecule has 2 aliphatic heterocycles. The molecular weight excluding hydrogens is 853 g/mol. The number of aldehydes is 1. The number of hydrogen-bond donors (Lipinski definition) is 7. The SMILES string of the molecule is O=CCN1CCN(CCCNC(=O)c2ccc(C(=O)NCCCN3CCN(CC(=O)O)CCN(CC(=O)O)CCN(CC(=O)O)CC3)cc2)CCN(CC(=O)O)CCN(CC(=O)O)CC1. The number of carboxylic acid groups (broad SMARTS) is 5. The molecule has 2 heterocycles. The predicted molar refractivity (Wildman–Crippen MR) is 236 cm³/mol. The molecule has 23 nitrogen and oxygen atoms in total. The van der Waals surface area contributed by atoms with E-state index in [0.29, 0.717) is 155 Å². The fourth-order valence-corrected chi connectivity index (χ4v) is 7.63. The van der Waals surface area contributed by atoms with Crippen LogP contribution in [0.3, 0.4) is 0 Å². The Labute approximate surface area is 379 Å². The van der Waals surface area contributed by atoms with E-state index in [1.807, 2.05) is 4.90 Å². The Balaban J connectivity index is 1.49. The number of amides is 2. The number of nitrogens with zero attached hydrogens (tertiary/aromatic N) is 8. The molecule has 0 unspecified atom stereocenters. The van der Waals surface area contributed by atoms with Crippen molar-refractivity contribution in [3.05, 3.63) is 35.4 Å². The van der Waals surface area contributed by atoms with Crippen LogP contribution in [0.1, 0.15) is 33.6 Å². The topological polar surface area (TPSA) is 288 Å². The number of rotatable bonds is 22. The first kappa shape index (κ1) is 54.2. The van der Waals surface area contributed by atoms with Gasteiger partial charge in [-0.05, 0) is 50.2 Å². The molecule has 0 aromatic heterocycles. The summed E-state index contributed by atoms with van der Waals surface area (Å²) >= 11 is 0. The molecule has 2 amide bonds. The summed E-state index contributed by atoms with van der Waals surface area (Å²) in [4.78, 5) is 110. The maximum Gasteiger partial charge on any atom is 0.317 e. The molecule has 0 aliphatic carbocycles. The van der Waals surface area contributed by atoms with Gasteiger partial charge in [0.15, 0.2) is 0 Å². The summed E-state index contributed by atoms with van der Waals surface area (Å²) < 4.78 is 0. The molecule has 0 radical (unpaired) electrons. The zero-order valence-electron chi connectivity index (χ0n) is 37.3. The van der Waals surface area contributed by atoms with E-state index in [2.05, 4.69) is 20.4 Å². The lowest BCUT2D eigenvalue weighted by atomic mass is 10.1. The summed E-state index contributed by atoms with van der Waals surface area (Å²) in [5.41, 5.74) is 0.737. The zero-order valence-corrected chi connectivity index (χ0v) is 37.3. The van der Waals surface area contributed by atoms with Gasteiger partial charge in [0.25, 0.3) is 11.8 Å². The van der Waals surface area contributed by atoms with Crippen molar-refractivity contribution in [2.24, 2.45) is 0 Å². The summed E-state index contributed by atoms with van der Waals surface area (Å²) in [5, 5.41) is 53.0. The Hall–Kier alpha value is -5.14. The standard InChI is InChI=1S/C42H68N10O13/c53-28-27-47-12-11-45(13-17-48(29-36(54)55)21-22-51(20-16-47)32-39(60)61)9-1-7-43-41(64)34-3-5-35(6-4-34)42(65)44-8-2-10-46-14-18-49(30-37(56)57)23-25-52(33-40(62)63)26-24-50(19-15-46)31-38(58)59/h3-6,28H,1-2,7-27,29-33H2,(H,43,64)(H,44,65)(H,54,55)(H,56,57)(H,58,59)(H,60,61)(H,62,63). The average Bonchev–Trinajstić information content (AvgIpc) is 3.24. The van der Waals surface area contributed by atoms with Gasteiger partial charge in [-0.1, -0.05) is 0 Å². The minimum Gasteiger partial charge on any atom is -0.480 e. The fourth-order valence-electron chi connectivity index (χ4n) is 7.63. The monoisotopic (exact) mass is 920 g/mol. The van der Waals surface area contributed by atoms with Crippen molar-refractivity contribution < 1.29 is 63.9 Å². The highest BCUT2D eigenvalue weighted by molar-refractivity contribution is 5.97.